The van der Waals surface area contributed by atoms with Crippen LogP contribution in [0.15, 0.2) is 103 Å². The van der Waals surface area contributed by atoms with Gasteiger partial charge < -0.3 is 34.2 Å². The van der Waals surface area contributed by atoms with Gasteiger partial charge in [-0.15, -0.1) is 6.58 Å². The van der Waals surface area contributed by atoms with Gasteiger partial charge in [0, 0.05) is 44.1 Å². The number of carbonyl (C=O) groups excluding carboxylic acids is 1. The molecule has 0 radical (unpaired) electrons. The van der Waals surface area contributed by atoms with E-state index in [1.54, 1.807) is 19.3 Å². The van der Waals surface area contributed by atoms with E-state index in [0.717, 1.165) is 77.5 Å². The maximum Gasteiger partial charge on any atom is 0.239 e. The highest BCUT2D eigenvalue weighted by Crippen LogP contribution is 2.62. The van der Waals surface area contributed by atoms with E-state index in [4.69, 9.17) is 24.2 Å². The minimum absolute atomic E-state index is 0.0805. The van der Waals surface area contributed by atoms with Crippen molar-refractivity contribution in [3.8, 4) is 11.5 Å². The molecule has 3 aromatic rings. The molecular weight excluding hydrogens is 741 g/mol. The Morgan fingerprint density at radius 1 is 0.949 bits per heavy atom. The van der Waals surface area contributed by atoms with Crippen molar-refractivity contribution >= 4 is 22.4 Å². The van der Waals surface area contributed by atoms with Gasteiger partial charge in [0.2, 0.25) is 11.7 Å². The van der Waals surface area contributed by atoms with Crippen molar-refractivity contribution in [1.82, 2.24) is 4.90 Å². The van der Waals surface area contributed by atoms with Crippen LogP contribution in [-0.2, 0) is 20.9 Å². The molecule has 1 heterocycles. The lowest BCUT2D eigenvalue weighted by Gasteiger charge is -2.60. The first-order valence-electron chi connectivity index (χ1n) is 22.1. The molecule has 2 saturated carbocycles. The second-order valence-corrected chi connectivity index (χ2v) is 16.9. The van der Waals surface area contributed by atoms with Gasteiger partial charge in [0.1, 0.15) is 31.3 Å². The van der Waals surface area contributed by atoms with Crippen LogP contribution in [0.3, 0.4) is 0 Å². The molecule has 59 heavy (non-hydrogen) atoms. The largest absolute Gasteiger partial charge is 0.490 e. The minimum atomic E-state index is -1.31. The Kier molecular flexibility index (Phi) is 14.6. The number of nitrogens with zero attached hydrogens (tertiary/aromatic N) is 2. The molecule has 316 valence electrons. The highest BCUT2D eigenvalue weighted by molar-refractivity contribution is 6.03. The predicted octanol–water partition coefficient (Wildman–Crippen LogP) is 9.67. The number of amides is 1. The van der Waals surface area contributed by atoms with Gasteiger partial charge in [-0.05, 0) is 90.0 Å². The average molecular weight is 805 g/mol. The molecular formula is C50H64N2O7. The molecule has 7 rings (SSSR count). The molecule has 0 spiro atoms. The highest BCUT2D eigenvalue weighted by atomic mass is 16.7. The fraction of sp³-hybridized carbons (Fsp3) is 0.520. The SMILES string of the molecule is C=CCOc1ccc2c(c1)C1C(CCCCO)C(CCCCO)C=C3C(=NOC)CC(N(Cc4cccc5ccccc45)C(=O)CCC4CCCC4)C(OCC=C)(O2)C31. The number of aliphatic hydroxyl groups excluding tert-OH is 2. The standard InChI is InChI=1S/C50H64N2O7/c1-4-29-57-39-24-25-45-43(32-39)48-41(22-11-13-28-54)37(18-10-12-27-53)31-42-44(51-56-3)33-46(50(59-45,49(42)48)58-30-5-2)52(47(55)26-23-35-15-6-7-16-35)34-38-20-14-19-36-17-8-9-21-40(36)38/h4-5,8-9,14,17,19-21,24-25,31-32,35,37,41,46,48-49,53-54H,1-2,6-7,10-13,15-16,18,22-23,26-30,33-34H2,3H3. The quantitative estimate of drug-likeness (QED) is 0.0627. The number of allylic oxidation sites excluding steroid dienone is 1. The Labute approximate surface area is 350 Å². The van der Waals surface area contributed by atoms with Gasteiger partial charge in [-0.1, -0.05) is 111 Å². The van der Waals surface area contributed by atoms with Crippen molar-refractivity contribution in [3.63, 3.8) is 0 Å². The number of fused-ring (bicyclic) bond motifs is 3. The molecule has 6 atom stereocenters. The van der Waals surface area contributed by atoms with E-state index in [2.05, 4.69) is 72.7 Å². The van der Waals surface area contributed by atoms with Crippen LogP contribution in [0.4, 0.5) is 0 Å². The van der Waals surface area contributed by atoms with E-state index >= 15 is 4.79 Å². The summed E-state index contributed by atoms with van der Waals surface area (Å²) in [6.07, 6.45) is 17.2. The zero-order valence-corrected chi connectivity index (χ0v) is 34.9. The van der Waals surface area contributed by atoms with E-state index in [1.807, 2.05) is 12.1 Å². The molecule has 9 nitrogen and oxygen atoms in total. The summed E-state index contributed by atoms with van der Waals surface area (Å²) in [7, 11) is 1.59. The molecule has 0 saturated heterocycles. The highest BCUT2D eigenvalue weighted by Gasteiger charge is 2.65. The third kappa shape index (κ3) is 9.18. The molecule has 4 aliphatic rings. The lowest BCUT2D eigenvalue weighted by molar-refractivity contribution is -0.258. The first kappa shape index (κ1) is 42.7. The zero-order chi connectivity index (χ0) is 41.2. The molecule has 2 fully saturated rings. The summed E-state index contributed by atoms with van der Waals surface area (Å²) in [5.74, 6) is 0.548. The number of rotatable bonds is 21. The van der Waals surface area contributed by atoms with Gasteiger partial charge in [0.25, 0.3) is 0 Å². The maximum absolute atomic E-state index is 15.2. The number of hydrogen-bond acceptors (Lipinski definition) is 8. The Hall–Kier alpha value is -4.44. The second kappa shape index (κ2) is 20.2. The van der Waals surface area contributed by atoms with Gasteiger partial charge in [0.05, 0.1) is 18.2 Å². The summed E-state index contributed by atoms with van der Waals surface area (Å²) < 4.78 is 20.8. The lowest BCUT2D eigenvalue weighted by atomic mass is 9.55. The predicted molar refractivity (Wildman–Crippen MR) is 233 cm³/mol. The second-order valence-electron chi connectivity index (χ2n) is 16.9. The smallest absolute Gasteiger partial charge is 0.239 e. The van der Waals surface area contributed by atoms with Gasteiger partial charge >= 0.3 is 0 Å². The van der Waals surface area contributed by atoms with Crippen LogP contribution >= 0.6 is 0 Å². The zero-order valence-electron chi connectivity index (χ0n) is 34.9. The van der Waals surface area contributed by atoms with Gasteiger partial charge in [-0.3, -0.25) is 4.79 Å². The molecule has 1 aliphatic heterocycles. The van der Waals surface area contributed by atoms with Crippen molar-refractivity contribution in [2.24, 2.45) is 28.8 Å². The summed E-state index contributed by atoms with van der Waals surface area (Å²) >= 11 is 0. The third-order valence-corrected chi connectivity index (χ3v) is 13.4. The van der Waals surface area contributed by atoms with E-state index < -0.39 is 11.8 Å². The third-order valence-electron chi connectivity index (χ3n) is 13.4. The van der Waals surface area contributed by atoms with Gasteiger partial charge in [-0.2, -0.15) is 0 Å². The summed E-state index contributed by atoms with van der Waals surface area (Å²) in [5.41, 5.74) is 3.92. The first-order valence-corrected chi connectivity index (χ1v) is 22.1. The van der Waals surface area contributed by atoms with Crippen molar-refractivity contribution in [2.75, 3.05) is 33.5 Å². The fourth-order valence-corrected chi connectivity index (χ4v) is 10.8. The number of hydrogen-bond donors (Lipinski definition) is 2. The molecule has 1 amide bonds. The number of carbonyl (C=O) groups is 1. The van der Waals surface area contributed by atoms with Crippen molar-refractivity contribution in [2.45, 2.75) is 108 Å². The first-order chi connectivity index (χ1) is 29.0. The fourth-order valence-electron chi connectivity index (χ4n) is 10.8. The number of oxime groups is 1. The van der Waals surface area contributed by atoms with E-state index in [0.29, 0.717) is 44.1 Å². The average Bonchev–Trinajstić information content (AvgIpc) is 3.79. The maximum atomic E-state index is 15.2. The Bertz CT molecular complexity index is 1960. The normalized spacial score (nSPS) is 25.4. The van der Waals surface area contributed by atoms with E-state index in [1.165, 1.54) is 25.7 Å². The monoisotopic (exact) mass is 804 g/mol. The molecule has 0 bridgehead atoms. The Morgan fingerprint density at radius 3 is 2.47 bits per heavy atom. The summed E-state index contributed by atoms with van der Waals surface area (Å²) in [6.45, 7) is 9.19. The van der Waals surface area contributed by atoms with Gasteiger partial charge in [0.15, 0.2) is 0 Å². The number of unbranched alkanes of at least 4 members (excludes halogenated alkanes) is 2. The summed E-state index contributed by atoms with van der Waals surface area (Å²) in [6, 6.07) is 20.2. The van der Waals surface area contributed by atoms with Crippen LogP contribution in [0.25, 0.3) is 10.8 Å². The molecule has 6 unspecified atom stereocenters. The summed E-state index contributed by atoms with van der Waals surface area (Å²) in [4.78, 5) is 22.9. The minimum Gasteiger partial charge on any atom is -0.490 e. The van der Waals surface area contributed by atoms with Crippen LogP contribution in [0, 0.1) is 23.7 Å². The van der Waals surface area contributed by atoms with E-state index in [9.17, 15) is 10.2 Å². The van der Waals surface area contributed by atoms with Crippen LogP contribution in [-0.4, -0.2) is 72.1 Å². The molecule has 9 heteroatoms. The molecule has 2 N–H and O–H groups in total. The molecule has 3 aromatic carbocycles. The molecule has 3 aliphatic carbocycles. The molecule has 0 aromatic heterocycles. The Balaban J connectivity index is 1.44. The number of ether oxygens (including phenoxy) is 3. The number of aliphatic hydroxyl groups is 2. The topological polar surface area (TPSA) is 110 Å². The van der Waals surface area contributed by atoms with Crippen LogP contribution < -0.4 is 9.47 Å². The van der Waals surface area contributed by atoms with Crippen molar-refractivity contribution in [1.29, 1.82) is 0 Å². The Morgan fingerprint density at radius 2 is 1.71 bits per heavy atom. The van der Waals surface area contributed by atoms with Gasteiger partial charge in [-0.25, -0.2) is 0 Å². The van der Waals surface area contributed by atoms with Crippen LogP contribution in [0.2, 0.25) is 0 Å². The van der Waals surface area contributed by atoms with Crippen molar-refractivity contribution < 1.29 is 34.1 Å². The van der Waals surface area contributed by atoms with Crippen LogP contribution in [0.1, 0.15) is 101 Å². The van der Waals surface area contributed by atoms with Crippen molar-refractivity contribution in [3.05, 3.63) is 109 Å². The van der Waals surface area contributed by atoms with Crippen LogP contribution in [0.5, 0.6) is 11.5 Å². The van der Waals surface area contributed by atoms with E-state index in [-0.39, 0.29) is 49.4 Å². The number of benzene rings is 3. The summed E-state index contributed by atoms with van der Waals surface area (Å²) in [5, 5.41) is 26.8. The lowest BCUT2D eigenvalue weighted by Crippen LogP contribution is -2.70.